The summed E-state index contributed by atoms with van der Waals surface area (Å²) < 4.78 is 0. The quantitative estimate of drug-likeness (QED) is 0.518. The van der Waals surface area contributed by atoms with Gasteiger partial charge in [-0.15, -0.1) is 0 Å². The Bertz CT molecular complexity index is 185. The third-order valence-electron chi connectivity index (χ3n) is 2.80. The largest absolute Gasteiger partial charge is 0.351 e. The van der Waals surface area contributed by atoms with E-state index in [0.29, 0.717) is 6.04 Å². The second kappa shape index (κ2) is 4.07. The van der Waals surface area contributed by atoms with Crippen molar-refractivity contribution in [1.29, 1.82) is 0 Å². The second-order valence-electron chi connectivity index (χ2n) is 3.91. The molecule has 0 aliphatic carbocycles. The highest BCUT2D eigenvalue weighted by atomic mass is 16.2. The lowest BCUT2D eigenvalue weighted by Gasteiger charge is -2.30. The van der Waals surface area contributed by atoms with Crippen LogP contribution >= 0.6 is 0 Å². The Morgan fingerprint density at radius 3 is 2.62 bits per heavy atom. The molecule has 1 atom stereocenters. The van der Waals surface area contributed by atoms with Crippen molar-refractivity contribution < 1.29 is 4.79 Å². The van der Waals surface area contributed by atoms with Crippen LogP contribution in [0.2, 0.25) is 0 Å². The summed E-state index contributed by atoms with van der Waals surface area (Å²) in [5.41, 5.74) is 0. The van der Waals surface area contributed by atoms with Gasteiger partial charge in [-0.3, -0.25) is 4.79 Å². The van der Waals surface area contributed by atoms with E-state index in [1.807, 2.05) is 0 Å². The Labute approximate surface area is 78.5 Å². The molecule has 0 saturated carbocycles. The van der Waals surface area contributed by atoms with E-state index in [0.717, 1.165) is 39.0 Å². The zero-order chi connectivity index (χ0) is 9.10. The molecule has 1 unspecified atom stereocenters. The van der Waals surface area contributed by atoms with Gasteiger partial charge in [-0.1, -0.05) is 0 Å². The average molecular weight is 183 g/mol. The van der Waals surface area contributed by atoms with Gasteiger partial charge in [0, 0.05) is 19.6 Å². The highest BCUT2D eigenvalue weighted by Crippen LogP contribution is 2.10. The third kappa shape index (κ3) is 2.19. The lowest BCUT2D eigenvalue weighted by Crippen LogP contribution is -2.58. The van der Waals surface area contributed by atoms with E-state index in [9.17, 15) is 4.79 Å². The Morgan fingerprint density at radius 2 is 2.08 bits per heavy atom. The maximum absolute atomic E-state index is 11.6. The van der Waals surface area contributed by atoms with E-state index in [4.69, 9.17) is 0 Å². The Morgan fingerprint density at radius 1 is 1.23 bits per heavy atom. The lowest BCUT2D eigenvalue weighted by molar-refractivity contribution is -0.126. The Balaban J connectivity index is 1.74. The summed E-state index contributed by atoms with van der Waals surface area (Å²) in [5.74, 6) is 0.438. The van der Waals surface area contributed by atoms with Crippen LogP contribution in [0.5, 0.6) is 0 Å². The van der Waals surface area contributed by atoms with Crippen molar-refractivity contribution in [3.63, 3.8) is 0 Å². The number of rotatable bonds is 2. The second-order valence-corrected chi connectivity index (χ2v) is 3.91. The summed E-state index contributed by atoms with van der Waals surface area (Å²) in [6, 6.07) is 0.384. The molecule has 0 aromatic heterocycles. The maximum Gasteiger partial charge on any atom is 0.224 e. The van der Waals surface area contributed by atoms with E-state index >= 15 is 0 Å². The molecule has 2 aliphatic rings. The molecule has 13 heavy (non-hydrogen) atoms. The third-order valence-corrected chi connectivity index (χ3v) is 2.80. The summed E-state index contributed by atoms with van der Waals surface area (Å²) >= 11 is 0. The molecule has 74 valence electrons. The molecule has 0 aromatic carbocycles. The predicted octanol–water partition coefficient (Wildman–Crippen LogP) is -0.926. The van der Waals surface area contributed by atoms with Gasteiger partial charge in [-0.25, -0.2) is 0 Å². The molecule has 2 saturated heterocycles. The first-order valence-corrected chi connectivity index (χ1v) is 5.08. The normalized spacial score (nSPS) is 29.4. The number of nitrogens with one attached hydrogen (secondary N) is 3. The zero-order valence-corrected chi connectivity index (χ0v) is 7.81. The molecule has 2 rings (SSSR count). The predicted molar refractivity (Wildman–Crippen MR) is 50.4 cm³/mol. The molecule has 3 N–H and O–H groups in total. The molecule has 2 aliphatic heterocycles. The minimum atomic E-state index is 0.203. The van der Waals surface area contributed by atoms with Crippen molar-refractivity contribution in [2.24, 2.45) is 5.92 Å². The van der Waals surface area contributed by atoms with Crippen molar-refractivity contribution >= 4 is 5.91 Å². The SMILES string of the molecule is O=C(NC1CNC1)C1CCCNC1. The summed E-state index contributed by atoms with van der Waals surface area (Å²) in [7, 11) is 0. The molecule has 2 heterocycles. The molecule has 0 spiro atoms. The van der Waals surface area contributed by atoms with Crippen LogP contribution in [-0.2, 0) is 4.79 Å². The molecule has 0 radical (unpaired) electrons. The molecule has 0 aromatic rings. The van der Waals surface area contributed by atoms with Crippen LogP contribution in [0.15, 0.2) is 0 Å². The fourth-order valence-electron chi connectivity index (χ4n) is 1.79. The first-order valence-electron chi connectivity index (χ1n) is 5.08. The van der Waals surface area contributed by atoms with Gasteiger partial charge in [0.1, 0.15) is 0 Å². The van der Waals surface area contributed by atoms with Crippen molar-refractivity contribution in [3.05, 3.63) is 0 Å². The van der Waals surface area contributed by atoms with Gasteiger partial charge in [-0.05, 0) is 19.4 Å². The van der Waals surface area contributed by atoms with Crippen LogP contribution in [0.25, 0.3) is 0 Å². The minimum absolute atomic E-state index is 0.203. The van der Waals surface area contributed by atoms with Crippen LogP contribution in [0.3, 0.4) is 0 Å². The van der Waals surface area contributed by atoms with Crippen LogP contribution in [0.4, 0.5) is 0 Å². The summed E-state index contributed by atoms with van der Waals surface area (Å²) in [4.78, 5) is 11.6. The number of amides is 1. The first kappa shape index (κ1) is 8.97. The molecular weight excluding hydrogens is 166 g/mol. The fraction of sp³-hybridized carbons (Fsp3) is 0.889. The van der Waals surface area contributed by atoms with Crippen LogP contribution in [-0.4, -0.2) is 38.1 Å². The monoisotopic (exact) mass is 183 g/mol. The van der Waals surface area contributed by atoms with Gasteiger partial charge < -0.3 is 16.0 Å². The van der Waals surface area contributed by atoms with E-state index in [-0.39, 0.29) is 11.8 Å². The topological polar surface area (TPSA) is 53.2 Å². The van der Waals surface area contributed by atoms with Crippen LogP contribution < -0.4 is 16.0 Å². The molecule has 4 nitrogen and oxygen atoms in total. The molecule has 0 bridgehead atoms. The Hall–Kier alpha value is -0.610. The van der Waals surface area contributed by atoms with E-state index in [1.165, 1.54) is 0 Å². The number of carbonyl (C=O) groups excluding carboxylic acids is 1. The van der Waals surface area contributed by atoms with E-state index in [1.54, 1.807) is 0 Å². The van der Waals surface area contributed by atoms with Gasteiger partial charge in [0.25, 0.3) is 0 Å². The van der Waals surface area contributed by atoms with Crippen LogP contribution in [0, 0.1) is 5.92 Å². The van der Waals surface area contributed by atoms with Crippen molar-refractivity contribution in [3.8, 4) is 0 Å². The molecular formula is C9H17N3O. The lowest BCUT2D eigenvalue weighted by atomic mass is 9.98. The van der Waals surface area contributed by atoms with Gasteiger partial charge in [0.2, 0.25) is 5.91 Å². The minimum Gasteiger partial charge on any atom is -0.351 e. The number of piperidine rings is 1. The molecule has 1 amide bonds. The molecule has 4 heteroatoms. The highest BCUT2D eigenvalue weighted by Gasteiger charge is 2.25. The highest BCUT2D eigenvalue weighted by molar-refractivity contribution is 5.79. The van der Waals surface area contributed by atoms with Crippen molar-refractivity contribution in [2.75, 3.05) is 26.2 Å². The number of carbonyl (C=O) groups is 1. The number of hydrogen-bond acceptors (Lipinski definition) is 3. The van der Waals surface area contributed by atoms with E-state index < -0.39 is 0 Å². The van der Waals surface area contributed by atoms with Gasteiger partial charge in [-0.2, -0.15) is 0 Å². The van der Waals surface area contributed by atoms with Gasteiger partial charge in [0.15, 0.2) is 0 Å². The fourth-order valence-corrected chi connectivity index (χ4v) is 1.79. The summed E-state index contributed by atoms with van der Waals surface area (Å²) in [6.07, 6.45) is 2.17. The van der Waals surface area contributed by atoms with Gasteiger partial charge >= 0.3 is 0 Å². The zero-order valence-electron chi connectivity index (χ0n) is 7.81. The maximum atomic E-state index is 11.6. The first-order chi connectivity index (χ1) is 6.36. The Kier molecular flexibility index (Phi) is 2.80. The van der Waals surface area contributed by atoms with Crippen molar-refractivity contribution in [1.82, 2.24) is 16.0 Å². The average Bonchev–Trinajstić information content (AvgIpc) is 2.12. The van der Waals surface area contributed by atoms with Crippen LogP contribution in [0.1, 0.15) is 12.8 Å². The molecule has 2 fully saturated rings. The summed E-state index contributed by atoms with van der Waals surface area (Å²) in [5, 5.41) is 9.43. The smallest absolute Gasteiger partial charge is 0.224 e. The van der Waals surface area contributed by atoms with E-state index in [2.05, 4.69) is 16.0 Å². The standard InChI is InChI=1S/C9H17N3O/c13-9(12-8-5-11-6-8)7-2-1-3-10-4-7/h7-8,10-11H,1-6H2,(H,12,13). The van der Waals surface area contributed by atoms with Crippen molar-refractivity contribution in [2.45, 2.75) is 18.9 Å². The number of hydrogen-bond donors (Lipinski definition) is 3. The summed E-state index contributed by atoms with van der Waals surface area (Å²) in [6.45, 7) is 3.79. The van der Waals surface area contributed by atoms with Gasteiger partial charge in [0.05, 0.1) is 12.0 Å².